The van der Waals surface area contributed by atoms with Gasteiger partial charge in [0.1, 0.15) is 5.75 Å². The largest absolute Gasteiger partial charge is 0.494 e. The van der Waals surface area contributed by atoms with Crippen LogP contribution < -0.4 is 10.5 Å². The number of carboxylic acids is 1. The first-order chi connectivity index (χ1) is 9.04. The van der Waals surface area contributed by atoms with Crippen LogP contribution in [0, 0.1) is 0 Å². The number of aliphatic carboxylic acids is 1. The number of ether oxygens (including phenoxy) is 1. The predicted molar refractivity (Wildman–Crippen MR) is 78.3 cm³/mol. The number of halogens is 1. The Bertz CT molecular complexity index is 423. The third-order valence-electron chi connectivity index (χ3n) is 2.84. The summed E-state index contributed by atoms with van der Waals surface area (Å²) >= 11 is 3.50. The van der Waals surface area contributed by atoms with E-state index in [0.717, 1.165) is 28.6 Å². The summed E-state index contributed by atoms with van der Waals surface area (Å²) in [7, 11) is 0. The Morgan fingerprint density at radius 2 is 2.21 bits per heavy atom. The fraction of sp³-hybridized carbons (Fsp3) is 0.500. The molecule has 0 saturated heterocycles. The van der Waals surface area contributed by atoms with Gasteiger partial charge < -0.3 is 15.6 Å². The minimum Gasteiger partial charge on any atom is -0.494 e. The van der Waals surface area contributed by atoms with E-state index in [1.165, 1.54) is 0 Å². The van der Waals surface area contributed by atoms with E-state index in [1.54, 1.807) is 0 Å². The van der Waals surface area contributed by atoms with Crippen molar-refractivity contribution in [2.75, 3.05) is 6.61 Å². The van der Waals surface area contributed by atoms with Gasteiger partial charge in [-0.3, -0.25) is 4.79 Å². The topological polar surface area (TPSA) is 72.5 Å². The highest BCUT2D eigenvalue weighted by Gasteiger charge is 2.11. The van der Waals surface area contributed by atoms with Crippen LogP contribution in [0.2, 0.25) is 0 Å². The van der Waals surface area contributed by atoms with E-state index < -0.39 is 5.97 Å². The minimum atomic E-state index is -0.754. The Hall–Kier alpha value is -1.07. The number of carboxylic acid groups (broad SMARTS) is 1. The summed E-state index contributed by atoms with van der Waals surface area (Å²) < 4.78 is 6.34. The van der Waals surface area contributed by atoms with Crippen molar-refractivity contribution >= 4 is 21.9 Å². The first-order valence-electron chi connectivity index (χ1n) is 6.44. The highest BCUT2D eigenvalue weighted by Crippen LogP contribution is 2.29. The molecule has 5 heteroatoms. The van der Waals surface area contributed by atoms with E-state index in [1.807, 2.05) is 25.1 Å². The van der Waals surface area contributed by atoms with E-state index in [9.17, 15) is 4.79 Å². The molecule has 0 aliphatic heterocycles. The number of carbonyl (C=O) groups is 1. The molecule has 0 aromatic heterocycles. The molecule has 3 N–H and O–H groups in total. The summed E-state index contributed by atoms with van der Waals surface area (Å²) in [5, 5.41) is 8.57. The van der Waals surface area contributed by atoms with E-state index in [-0.39, 0.29) is 12.5 Å². The zero-order valence-electron chi connectivity index (χ0n) is 11.1. The summed E-state index contributed by atoms with van der Waals surface area (Å²) in [5.41, 5.74) is 7.15. The van der Waals surface area contributed by atoms with Crippen molar-refractivity contribution in [2.24, 2.45) is 5.73 Å². The number of hydrogen-bond donors (Lipinski definition) is 2. The van der Waals surface area contributed by atoms with Crippen LogP contribution in [0.1, 0.15) is 44.2 Å². The molecular weight excluding hydrogens is 310 g/mol. The fourth-order valence-electron chi connectivity index (χ4n) is 1.86. The molecule has 0 radical (unpaired) electrons. The van der Waals surface area contributed by atoms with Gasteiger partial charge >= 0.3 is 5.97 Å². The Balaban J connectivity index is 2.52. The summed E-state index contributed by atoms with van der Waals surface area (Å²) in [6.45, 7) is 2.57. The Labute approximate surface area is 122 Å². The van der Waals surface area contributed by atoms with Gasteiger partial charge in [0.15, 0.2) is 0 Å². The van der Waals surface area contributed by atoms with Crippen molar-refractivity contribution in [3.8, 4) is 5.75 Å². The lowest BCUT2D eigenvalue weighted by Crippen LogP contribution is -2.11. The van der Waals surface area contributed by atoms with Gasteiger partial charge in [-0.15, -0.1) is 0 Å². The second-order valence-electron chi connectivity index (χ2n) is 4.36. The molecule has 1 aromatic rings. The van der Waals surface area contributed by atoms with Crippen LogP contribution in [0.25, 0.3) is 0 Å². The van der Waals surface area contributed by atoms with Crippen molar-refractivity contribution in [3.05, 3.63) is 28.2 Å². The normalized spacial score (nSPS) is 12.2. The average molecular weight is 330 g/mol. The lowest BCUT2D eigenvalue weighted by molar-refractivity contribution is -0.137. The van der Waals surface area contributed by atoms with Gasteiger partial charge in [-0.25, -0.2) is 0 Å². The third kappa shape index (κ3) is 5.61. The van der Waals surface area contributed by atoms with Gasteiger partial charge in [0, 0.05) is 16.9 Å². The molecule has 106 valence electrons. The van der Waals surface area contributed by atoms with E-state index in [4.69, 9.17) is 15.6 Å². The van der Waals surface area contributed by atoms with Crippen LogP contribution >= 0.6 is 15.9 Å². The number of benzene rings is 1. The highest BCUT2D eigenvalue weighted by molar-refractivity contribution is 9.10. The van der Waals surface area contributed by atoms with Gasteiger partial charge in [-0.05, 0) is 37.5 Å². The van der Waals surface area contributed by atoms with Crippen molar-refractivity contribution in [2.45, 2.75) is 38.6 Å². The van der Waals surface area contributed by atoms with Crippen LogP contribution in [0.3, 0.4) is 0 Å². The van der Waals surface area contributed by atoms with Crippen molar-refractivity contribution in [1.82, 2.24) is 0 Å². The van der Waals surface area contributed by atoms with Gasteiger partial charge in [-0.1, -0.05) is 28.4 Å². The van der Waals surface area contributed by atoms with Crippen LogP contribution in [0.15, 0.2) is 22.7 Å². The molecule has 1 rings (SSSR count). The van der Waals surface area contributed by atoms with Gasteiger partial charge in [-0.2, -0.15) is 0 Å². The van der Waals surface area contributed by atoms with Gasteiger partial charge in [0.25, 0.3) is 0 Å². The maximum atomic E-state index is 10.4. The Morgan fingerprint density at radius 3 is 2.79 bits per heavy atom. The summed E-state index contributed by atoms with van der Waals surface area (Å²) in [6, 6.07) is 5.69. The molecule has 0 fully saturated rings. The lowest BCUT2D eigenvalue weighted by Gasteiger charge is -2.14. The standard InChI is InChI=1S/C14H20BrNO3/c1-2-19-10-7-8-11(12(15)9-10)13(16)5-3-4-6-14(17)18/h7-9,13H,2-6,16H2,1H3,(H,17,18). The average Bonchev–Trinajstić information content (AvgIpc) is 2.34. The molecule has 0 aliphatic carbocycles. The second kappa shape index (κ2) is 8.17. The minimum absolute atomic E-state index is 0.0844. The number of hydrogen-bond acceptors (Lipinski definition) is 3. The van der Waals surface area contributed by atoms with E-state index >= 15 is 0 Å². The molecule has 0 amide bonds. The molecule has 1 unspecified atom stereocenters. The van der Waals surface area contributed by atoms with Gasteiger partial charge in [0.2, 0.25) is 0 Å². The molecule has 19 heavy (non-hydrogen) atoms. The van der Waals surface area contributed by atoms with Crippen LogP contribution in [-0.4, -0.2) is 17.7 Å². The number of rotatable bonds is 8. The molecular formula is C14H20BrNO3. The molecule has 0 aliphatic rings. The van der Waals surface area contributed by atoms with E-state index in [2.05, 4.69) is 15.9 Å². The molecule has 1 atom stereocenters. The summed E-state index contributed by atoms with van der Waals surface area (Å²) in [4.78, 5) is 10.4. The summed E-state index contributed by atoms with van der Waals surface area (Å²) in [6.07, 6.45) is 2.46. The maximum Gasteiger partial charge on any atom is 0.303 e. The van der Waals surface area contributed by atoms with Gasteiger partial charge in [0.05, 0.1) is 6.61 Å². The third-order valence-corrected chi connectivity index (χ3v) is 3.52. The monoisotopic (exact) mass is 329 g/mol. The molecule has 0 bridgehead atoms. The summed E-state index contributed by atoms with van der Waals surface area (Å²) in [5.74, 6) is 0.0621. The SMILES string of the molecule is CCOc1ccc(C(N)CCCCC(=O)O)c(Br)c1. The van der Waals surface area contributed by atoms with Crippen LogP contribution in [0.5, 0.6) is 5.75 Å². The molecule has 4 nitrogen and oxygen atoms in total. The Kier molecular flexibility index (Phi) is 6.87. The van der Waals surface area contributed by atoms with Crippen molar-refractivity contribution in [3.63, 3.8) is 0 Å². The van der Waals surface area contributed by atoms with Crippen LogP contribution in [-0.2, 0) is 4.79 Å². The maximum absolute atomic E-state index is 10.4. The first kappa shape index (κ1) is 16.0. The van der Waals surface area contributed by atoms with Crippen LogP contribution in [0.4, 0.5) is 0 Å². The van der Waals surface area contributed by atoms with Crippen molar-refractivity contribution in [1.29, 1.82) is 0 Å². The molecule has 1 aromatic carbocycles. The van der Waals surface area contributed by atoms with E-state index in [0.29, 0.717) is 13.0 Å². The number of unbranched alkanes of at least 4 members (excludes halogenated alkanes) is 1. The second-order valence-corrected chi connectivity index (χ2v) is 5.22. The highest BCUT2D eigenvalue weighted by atomic mass is 79.9. The van der Waals surface area contributed by atoms with Crippen molar-refractivity contribution < 1.29 is 14.6 Å². The lowest BCUT2D eigenvalue weighted by atomic mass is 10.0. The number of nitrogens with two attached hydrogens (primary N) is 1. The smallest absolute Gasteiger partial charge is 0.303 e. The quantitative estimate of drug-likeness (QED) is 0.716. The molecule has 0 spiro atoms. The predicted octanol–water partition coefficient (Wildman–Crippen LogP) is 3.49. The fourth-order valence-corrected chi connectivity index (χ4v) is 2.51. The molecule has 0 heterocycles. The first-order valence-corrected chi connectivity index (χ1v) is 7.23. The zero-order chi connectivity index (χ0) is 14.3. The molecule has 0 saturated carbocycles. The Morgan fingerprint density at radius 1 is 1.47 bits per heavy atom. The zero-order valence-corrected chi connectivity index (χ0v) is 12.6.